The Morgan fingerprint density at radius 1 is 1.33 bits per heavy atom. The number of likely N-dealkylation sites (tertiary alicyclic amines) is 1. The van der Waals surface area contributed by atoms with Gasteiger partial charge in [0.25, 0.3) is 0 Å². The van der Waals surface area contributed by atoms with Crippen molar-refractivity contribution >= 4 is 5.91 Å². The lowest BCUT2D eigenvalue weighted by molar-refractivity contribution is -0.125. The number of rotatable bonds is 3. The molecule has 2 rings (SSSR count). The molecule has 0 atom stereocenters. The number of nitrogens with one attached hydrogen (secondary N) is 1. The first-order valence-corrected chi connectivity index (χ1v) is 7.44. The van der Waals surface area contributed by atoms with Gasteiger partial charge in [-0.25, -0.2) is 0 Å². The number of amides is 1. The van der Waals surface area contributed by atoms with Crippen LogP contribution in [0.2, 0.25) is 0 Å². The Balaban J connectivity index is 1.84. The minimum atomic E-state index is 0.178. The van der Waals surface area contributed by atoms with Crippen molar-refractivity contribution in [1.29, 1.82) is 0 Å². The first-order valence-electron chi connectivity index (χ1n) is 7.44. The Hall–Kier alpha value is -1.83. The molecular formula is C17H23N3O. The third kappa shape index (κ3) is 4.59. The van der Waals surface area contributed by atoms with Crippen molar-refractivity contribution < 1.29 is 4.79 Å². The Morgan fingerprint density at radius 2 is 2.00 bits per heavy atom. The molecule has 0 unspecified atom stereocenters. The van der Waals surface area contributed by atoms with Crippen LogP contribution in [0.5, 0.6) is 0 Å². The highest BCUT2D eigenvalue weighted by atomic mass is 16.1. The van der Waals surface area contributed by atoms with Gasteiger partial charge in [-0.05, 0) is 43.6 Å². The predicted molar refractivity (Wildman–Crippen MR) is 84.4 cm³/mol. The summed E-state index contributed by atoms with van der Waals surface area (Å²) < 4.78 is 0. The van der Waals surface area contributed by atoms with Crippen LogP contribution in [0.3, 0.4) is 0 Å². The quantitative estimate of drug-likeness (QED) is 0.813. The van der Waals surface area contributed by atoms with E-state index < -0.39 is 0 Å². The molecule has 1 aromatic rings. The van der Waals surface area contributed by atoms with Gasteiger partial charge in [0, 0.05) is 25.1 Å². The van der Waals surface area contributed by atoms with Crippen LogP contribution in [0.4, 0.5) is 0 Å². The van der Waals surface area contributed by atoms with Crippen LogP contribution in [0.15, 0.2) is 24.3 Å². The van der Waals surface area contributed by atoms with Gasteiger partial charge in [0.15, 0.2) is 0 Å². The second-order valence-corrected chi connectivity index (χ2v) is 5.37. The molecule has 1 saturated heterocycles. The fourth-order valence-corrected chi connectivity index (χ4v) is 2.66. The molecule has 3 N–H and O–H groups in total. The number of carbonyl (C=O) groups excluding carboxylic acids is 1. The molecule has 21 heavy (non-hydrogen) atoms. The van der Waals surface area contributed by atoms with Gasteiger partial charge >= 0.3 is 0 Å². The van der Waals surface area contributed by atoms with Crippen LogP contribution in [0.1, 0.15) is 24.0 Å². The number of carbonyl (C=O) groups is 1. The molecule has 0 bridgehead atoms. The van der Waals surface area contributed by atoms with Crippen LogP contribution in [-0.2, 0) is 11.3 Å². The molecular weight excluding hydrogens is 262 g/mol. The summed E-state index contributed by atoms with van der Waals surface area (Å²) in [4.78, 5) is 14.0. The van der Waals surface area contributed by atoms with Crippen LogP contribution in [0.25, 0.3) is 0 Å². The number of hydrogen-bond donors (Lipinski definition) is 2. The summed E-state index contributed by atoms with van der Waals surface area (Å²) in [6, 6.07) is 8.31. The van der Waals surface area contributed by atoms with E-state index in [4.69, 9.17) is 5.73 Å². The molecule has 112 valence electrons. The van der Waals surface area contributed by atoms with E-state index in [1.807, 2.05) is 12.1 Å². The maximum absolute atomic E-state index is 11.6. The topological polar surface area (TPSA) is 58.4 Å². The smallest absolute Gasteiger partial charge is 0.222 e. The van der Waals surface area contributed by atoms with E-state index in [0.29, 0.717) is 6.54 Å². The van der Waals surface area contributed by atoms with Crippen LogP contribution in [-0.4, -0.2) is 37.5 Å². The van der Waals surface area contributed by atoms with E-state index in [0.717, 1.165) is 38.0 Å². The number of hydrogen-bond acceptors (Lipinski definition) is 3. The Labute approximate surface area is 126 Å². The monoisotopic (exact) mass is 285 g/mol. The number of nitrogens with zero attached hydrogens (tertiary/aromatic N) is 1. The van der Waals surface area contributed by atoms with Crippen LogP contribution < -0.4 is 11.1 Å². The van der Waals surface area contributed by atoms with Gasteiger partial charge < -0.3 is 11.1 Å². The van der Waals surface area contributed by atoms with Crippen molar-refractivity contribution in [3.05, 3.63) is 35.4 Å². The van der Waals surface area contributed by atoms with E-state index in [1.165, 1.54) is 5.56 Å². The third-order valence-electron chi connectivity index (χ3n) is 3.90. The van der Waals surface area contributed by atoms with Gasteiger partial charge in [-0.1, -0.05) is 24.0 Å². The average molecular weight is 285 g/mol. The average Bonchev–Trinajstić information content (AvgIpc) is 2.54. The Morgan fingerprint density at radius 3 is 2.57 bits per heavy atom. The zero-order valence-corrected chi connectivity index (χ0v) is 12.6. The minimum absolute atomic E-state index is 0.178. The van der Waals surface area contributed by atoms with Gasteiger partial charge in [-0.15, -0.1) is 0 Å². The highest BCUT2D eigenvalue weighted by Gasteiger charge is 2.23. The number of nitrogens with two attached hydrogens (primary N) is 1. The van der Waals surface area contributed by atoms with Gasteiger partial charge in [-0.2, -0.15) is 0 Å². The summed E-state index contributed by atoms with van der Waals surface area (Å²) in [5.74, 6) is 6.24. The van der Waals surface area contributed by atoms with Crippen molar-refractivity contribution in [2.75, 3.05) is 26.7 Å². The maximum Gasteiger partial charge on any atom is 0.222 e. The molecule has 0 spiro atoms. The van der Waals surface area contributed by atoms with E-state index in [1.54, 1.807) is 7.05 Å². The minimum Gasteiger partial charge on any atom is -0.359 e. The molecule has 0 saturated carbocycles. The number of benzene rings is 1. The highest BCUT2D eigenvalue weighted by Crippen LogP contribution is 2.19. The fourth-order valence-electron chi connectivity index (χ4n) is 2.66. The van der Waals surface area contributed by atoms with Crippen molar-refractivity contribution in [3.63, 3.8) is 0 Å². The van der Waals surface area contributed by atoms with Crippen molar-refractivity contribution in [3.8, 4) is 11.8 Å². The summed E-state index contributed by atoms with van der Waals surface area (Å²) in [5, 5.41) is 2.74. The van der Waals surface area contributed by atoms with Crippen molar-refractivity contribution in [1.82, 2.24) is 10.2 Å². The molecule has 1 aliphatic rings. The van der Waals surface area contributed by atoms with E-state index in [-0.39, 0.29) is 11.8 Å². The molecule has 1 aliphatic heterocycles. The second-order valence-electron chi connectivity index (χ2n) is 5.37. The number of piperidine rings is 1. The Kier molecular flexibility index (Phi) is 5.79. The Bertz CT molecular complexity index is 519. The zero-order valence-electron chi connectivity index (χ0n) is 12.6. The lowest BCUT2D eigenvalue weighted by Crippen LogP contribution is -2.39. The fraction of sp³-hybridized carbons (Fsp3) is 0.471. The van der Waals surface area contributed by atoms with Gasteiger partial charge in [0.2, 0.25) is 5.91 Å². The van der Waals surface area contributed by atoms with Crippen LogP contribution >= 0.6 is 0 Å². The molecule has 1 amide bonds. The molecule has 1 fully saturated rings. The summed E-state index contributed by atoms with van der Waals surface area (Å²) in [7, 11) is 1.71. The molecule has 0 radical (unpaired) electrons. The molecule has 0 aromatic heterocycles. The van der Waals surface area contributed by atoms with E-state index in [2.05, 4.69) is 34.2 Å². The van der Waals surface area contributed by atoms with E-state index >= 15 is 0 Å². The van der Waals surface area contributed by atoms with Gasteiger partial charge in [0.05, 0.1) is 6.54 Å². The summed E-state index contributed by atoms with van der Waals surface area (Å²) in [6.07, 6.45) is 1.89. The van der Waals surface area contributed by atoms with Crippen molar-refractivity contribution in [2.45, 2.75) is 19.4 Å². The first-order chi connectivity index (χ1) is 10.2. The SMILES string of the molecule is CNC(=O)C1CCN(Cc2ccc(C#CCN)cc2)CC1. The van der Waals surface area contributed by atoms with E-state index in [9.17, 15) is 4.79 Å². The van der Waals surface area contributed by atoms with Crippen LogP contribution in [0, 0.1) is 17.8 Å². The summed E-state index contributed by atoms with van der Waals surface area (Å²) in [5.41, 5.74) is 7.65. The second kappa shape index (κ2) is 7.82. The standard InChI is InChI=1S/C17H23N3O/c1-19-17(21)16-8-11-20(12-9-16)13-15-6-4-14(5-7-15)3-2-10-18/h4-7,16H,8-13,18H2,1H3,(H,19,21). The lowest BCUT2D eigenvalue weighted by atomic mass is 9.95. The maximum atomic E-state index is 11.6. The summed E-state index contributed by atoms with van der Waals surface area (Å²) >= 11 is 0. The molecule has 4 nitrogen and oxygen atoms in total. The lowest BCUT2D eigenvalue weighted by Gasteiger charge is -2.31. The van der Waals surface area contributed by atoms with Gasteiger partial charge in [-0.3, -0.25) is 9.69 Å². The molecule has 0 aliphatic carbocycles. The van der Waals surface area contributed by atoms with Gasteiger partial charge in [0.1, 0.15) is 0 Å². The highest BCUT2D eigenvalue weighted by molar-refractivity contribution is 5.78. The largest absolute Gasteiger partial charge is 0.359 e. The third-order valence-corrected chi connectivity index (χ3v) is 3.90. The molecule has 1 heterocycles. The normalized spacial score (nSPS) is 16.1. The molecule has 1 aromatic carbocycles. The molecule has 4 heteroatoms. The summed E-state index contributed by atoms with van der Waals surface area (Å²) in [6.45, 7) is 3.28. The first kappa shape index (κ1) is 15.6. The predicted octanol–water partition coefficient (Wildman–Crippen LogP) is 0.955. The zero-order chi connectivity index (χ0) is 15.1. The van der Waals surface area contributed by atoms with Crippen molar-refractivity contribution in [2.24, 2.45) is 11.7 Å².